The lowest BCUT2D eigenvalue weighted by Gasteiger charge is -2.22. The largest absolute Gasteiger partial charge is 0.345 e. The first-order valence-electron chi connectivity index (χ1n) is 4.08. The molecule has 1 N–H and O–H groups in total. The molecular weight excluding hydrogens is 241 g/mol. The molecule has 0 radical (unpaired) electrons. The van der Waals surface area contributed by atoms with E-state index in [2.05, 4.69) is 5.32 Å². The van der Waals surface area contributed by atoms with Crippen LogP contribution in [0.1, 0.15) is 23.5 Å². The Kier molecular flexibility index (Phi) is 3.81. The molecule has 1 amide bonds. The average molecular weight is 252 g/mol. The minimum atomic E-state index is -0.394. The highest BCUT2D eigenvalue weighted by atomic mass is 35.5. The highest BCUT2D eigenvalue weighted by Gasteiger charge is 2.20. The normalized spacial score (nSPS) is 11.4. The van der Waals surface area contributed by atoms with Gasteiger partial charge in [0.15, 0.2) is 0 Å². The number of carbonyl (C=O) groups is 1. The number of rotatable bonds is 3. The lowest BCUT2D eigenvalue weighted by Crippen LogP contribution is -2.44. The summed E-state index contributed by atoms with van der Waals surface area (Å²) in [6, 6.07) is 3.40. The van der Waals surface area contributed by atoms with Gasteiger partial charge in [-0.3, -0.25) is 4.79 Å². The molecule has 1 aromatic heterocycles. The summed E-state index contributed by atoms with van der Waals surface area (Å²) in [6.07, 6.45) is 0. The fraction of sp³-hybridized carbons (Fsp3) is 0.444. The molecule has 0 saturated carbocycles. The number of alkyl halides is 1. The van der Waals surface area contributed by atoms with Gasteiger partial charge in [0, 0.05) is 11.4 Å². The molecule has 2 nitrogen and oxygen atoms in total. The van der Waals surface area contributed by atoms with Crippen molar-refractivity contribution in [3.05, 3.63) is 21.3 Å². The molecule has 0 spiro atoms. The SMILES string of the molecule is CC(C)(CCl)NC(=O)c1ccc(Cl)s1. The van der Waals surface area contributed by atoms with Gasteiger partial charge in [-0.05, 0) is 26.0 Å². The Labute approximate surface area is 97.2 Å². The molecule has 0 aliphatic carbocycles. The van der Waals surface area contributed by atoms with Gasteiger partial charge in [0.05, 0.1) is 9.21 Å². The zero-order valence-electron chi connectivity index (χ0n) is 7.93. The fourth-order valence-electron chi connectivity index (χ4n) is 0.839. The van der Waals surface area contributed by atoms with Crippen LogP contribution in [0, 0.1) is 0 Å². The summed E-state index contributed by atoms with van der Waals surface area (Å²) in [5.41, 5.74) is -0.394. The minimum Gasteiger partial charge on any atom is -0.345 e. The molecule has 0 bridgehead atoms. The number of nitrogens with one attached hydrogen (secondary N) is 1. The van der Waals surface area contributed by atoms with Crippen LogP contribution in [0.2, 0.25) is 4.34 Å². The molecule has 1 rings (SSSR count). The van der Waals surface area contributed by atoms with Gasteiger partial charge >= 0.3 is 0 Å². The van der Waals surface area contributed by atoms with E-state index in [0.717, 1.165) is 0 Å². The summed E-state index contributed by atoms with van der Waals surface area (Å²) in [4.78, 5) is 12.2. The third kappa shape index (κ3) is 3.15. The minimum absolute atomic E-state index is 0.132. The molecule has 0 unspecified atom stereocenters. The molecule has 14 heavy (non-hydrogen) atoms. The van der Waals surface area contributed by atoms with E-state index in [1.807, 2.05) is 13.8 Å². The van der Waals surface area contributed by atoms with Crippen molar-refractivity contribution < 1.29 is 4.79 Å². The first-order chi connectivity index (χ1) is 6.44. The summed E-state index contributed by atoms with van der Waals surface area (Å²) in [5, 5.41) is 2.82. The number of hydrogen-bond acceptors (Lipinski definition) is 2. The van der Waals surface area contributed by atoms with E-state index in [-0.39, 0.29) is 5.91 Å². The lowest BCUT2D eigenvalue weighted by molar-refractivity contribution is 0.0924. The standard InChI is InChI=1S/C9H11Cl2NOS/c1-9(2,5-10)12-8(13)6-3-4-7(11)14-6/h3-4H,5H2,1-2H3,(H,12,13). The second-order valence-corrected chi connectivity index (χ2v) is 5.56. The summed E-state index contributed by atoms with van der Waals surface area (Å²) >= 11 is 12.7. The zero-order chi connectivity index (χ0) is 10.8. The molecule has 0 fully saturated rings. The van der Waals surface area contributed by atoms with Gasteiger partial charge in [0.25, 0.3) is 5.91 Å². The smallest absolute Gasteiger partial charge is 0.261 e. The van der Waals surface area contributed by atoms with Gasteiger partial charge in [-0.1, -0.05) is 11.6 Å². The second-order valence-electron chi connectivity index (χ2n) is 3.58. The van der Waals surface area contributed by atoms with Crippen molar-refractivity contribution in [3.63, 3.8) is 0 Å². The zero-order valence-corrected chi connectivity index (χ0v) is 10.3. The van der Waals surface area contributed by atoms with Crippen LogP contribution in [-0.4, -0.2) is 17.3 Å². The first kappa shape index (κ1) is 11.8. The molecule has 0 aliphatic rings. The third-order valence-electron chi connectivity index (χ3n) is 1.58. The quantitative estimate of drug-likeness (QED) is 0.822. The molecule has 0 aromatic carbocycles. The van der Waals surface area contributed by atoms with Gasteiger partial charge < -0.3 is 5.32 Å². The molecular formula is C9H11Cl2NOS. The van der Waals surface area contributed by atoms with Crippen LogP contribution in [-0.2, 0) is 0 Å². The molecule has 1 aromatic rings. The Morgan fingerprint density at radius 2 is 2.21 bits per heavy atom. The predicted octanol–water partition coefficient (Wildman–Crippen LogP) is 3.15. The Bertz CT molecular complexity index is 335. The Morgan fingerprint density at radius 3 is 2.64 bits per heavy atom. The van der Waals surface area contributed by atoms with E-state index in [1.54, 1.807) is 12.1 Å². The van der Waals surface area contributed by atoms with Gasteiger partial charge in [0.2, 0.25) is 0 Å². The second kappa shape index (κ2) is 4.51. The van der Waals surface area contributed by atoms with E-state index >= 15 is 0 Å². The number of hydrogen-bond donors (Lipinski definition) is 1. The van der Waals surface area contributed by atoms with Crippen molar-refractivity contribution in [2.45, 2.75) is 19.4 Å². The van der Waals surface area contributed by atoms with Crippen LogP contribution in [0.3, 0.4) is 0 Å². The van der Waals surface area contributed by atoms with Crippen molar-refractivity contribution in [3.8, 4) is 0 Å². The maximum Gasteiger partial charge on any atom is 0.261 e. The lowest BCUT2D eigenvalue weighted by atomic mass is 10.1. The van der Waals surface area contributed by atoms with E-state index in [9.17, 15) is 4.79 Å². The Morgan fingerprint density at radius 1 is 1.57 bits per heavy atom. The predicted molar refractivity (Wildman–Crippen MR) is 61.6 cm³/mol. The van der Waals surface area contributed by atoms with Crippen molar-refractivity contribution in [2.24, 2.45) is 0 Å². The van der Waals surface area contributed by atoms with Gasteiger partial charge in [-0.15, -0.1) is 22.9 Å². The van der Waals surface area contributed by atoms with Gasteiger partial charge in [-0.2, -0.15) is 0 Å². The molecule has 5 heteroatoms. The van der Waals surface area contributed by atoms with E-state index in [4.69, 9.17) is 23.2 Å². The highest BCUT2D eigenvalue weighted by molar-refractivity contribution is 7.18. The van der Waals surface area contributed by atoms with Crippen LogP contribution in [0.15, 0.2) is 12.1 Å². The number of amides is 1. The van der Waals surface area contributed by atoms with Crippen molar-refractivity contribution in [1.29, 1.82) is 0 Å². The average Bonchev–Trinajstić information content (AvgIpc) is 2.51. The van der Waals surface area contributed by atoms with Gasteiger partial charge in [-0.25, -0.2) is 0 Å². The van der Waals surface area contributed by atoms with E-state index in [0.29, 0.717) is 15.1 Å². The summed E-state index contributed by atoms with van der Waals surface area (Å²) < 4.78 is 0.610. The summed E-state index contributed by atoms with van der Waals surface area (Å²) in [7, 11) is 0. The maximum absolute atomic E-state index is 11.6. The maximum atomic E-state index is 11.6. The molecule has 0 atom stereocenters. The number of thiophene rings is 1. The Balaban J connectivity index is 2.68. The van der Waals surface area contributed by atoms with Crippen LogP contribution < -0.4 is 5.32 Å². The highest BCUT2D eigenvalue weighted by Crippen LogP contribution is 2.21. The molecule has 0 aliphatic heterocycles. The Hall–Kier alpha value is -0.250. The van der Waals surface area contributed by atoms with Gasteiger partial charge in [0.1, 0.15) is 0 Å². The van der Waals surface area contributed by atoms with Crippen LogP contribution >= 0.6 is 34.5 Å². The summed E-state index contributed by atoms with van der Waals surface area (Å²) in [5.74, 6) is 0.241. The molecule has 78 valence electrons. The van der Waals surface area contributed by atoms with Crippen molar-refractivity contribution >= 4 is 40.4 Å². The van der Waals surface area contributed by atoms with Crippen LogP contribution in [0.4, 0.5) is 0 Å². The van der Waals surface area contributed by atoms with Crippen molar-refractivity contribution in [1.82, 2.24) is 5.32 Å². The molecule has 1 heterocycles. The fourth-order valence-corrected chi connectivity index (χ4v) is 1.84. The van der Waals surface area contributed by atoms with Crippen molar-refractivity contribution in [2.75, 3.05) is 5.88 Å². The topological polar surface area (TPSA) is 29.1 Å². The monoisotopic (exact) mass is 251 g/mol. The van der Waals surface area contributed by atoms with Crippen LogP contribution in [0.25, 0.3) is 0 Å². The first-order valence-corrected chi connectivity index (χ1v) is 5.81. The van der Waals surface area contributed by atoms with Crippen LogP contribution in [0.5, 0.6) is 0 Å². The third-order valence-corrected chi connectivity index (χ3v) is 3.48. The number of halogens is 2. The molecule has 0 saturated heterocycles. The summed E-state index contributed by atoms with van der Waals surface area (Å²) in [6.45, 7) is 3.74. The van der Waals surface area contributed by atoms with E-state index in [1.165, 1.54) is 11.3 Å². The van der Waals surface area contributed by atoms with E-state index < -0.39 is 5.54 Å². The number of carbonyl (C=O) groups excluding carboxylic acids is 1.